The minimum atomic E-state index is -1.14. The molecular formula is C12H16O5. The van der Waals surface area contributed by atoms with Gasteiger partial charge < -0.3 is 19.3 Å². The van der Waals surface area contributed by atoms with Crippen LogP contribution in [0.5, 0.6) is 5.75 Å². The number of carbonyl (C=O) groups is 1. The maximum Gasteiger partial charge on any atom is 0.338 e. The predicted molar refractivity (Wildman–Crippen MR) is 60.8 cm³/mol. The van der Waals surface area contributed by atoms with E-state index >= 15 is 0 Å². The number of aliphatic hydroxyl groups excluding tert-OH is 1. The molecular weight excluding hydrogens is 224 g/mol. The van der Waals surface area contributed by atoms with Crippen molar-refractivity contribution in [1.29, 1.82) is 0 Å². The van der Waals surface area contributed by atoms with Gasteiger partial charge in [-0.05, 0) is 6.07 Å². The number of ether oxygens (including phenoxy) is 3. The molecule has 0 unspecified atom stereocenters. The summed E-state index contributed by atoms with van der Waals surface area (Å²) in [6.07, 6.45) is -2.21. The molecule has 2 atom stereocenters. The molecule has 1 N–H and O–H groups in total. The van der Waals surface area contributed by atoms with Crippen molar-refractivity contribution in [2.24, 2.45) is 0 Å². The SMILES string of the molecule is COC(=O)[C@@H](OC)[C@H](O)c1ccccc1OC. The van der Waals surface area contributed by atoms with Crippen molar-refractivity contribution >= 4 is 5.97 Å². The van der Waals surface area contributed by atoms with Gasteiger partial charge in [0.25, 0.3) is 0 Å². The zero-order chi connectivity index (χ0) is 12.8. The number of hydrogen-bond acceptors (Lipinski definition) is 5. The molecule has 5 nitrogen and oxygen atoms in total. The van der Waals surface area contributed by atoms with Crippen molar-refractivity contribution in [3.63, 3.8) is 0 Å². The third-order valence-corrected chi connectivity index (χ3v) is 2.43. The topological polar surface area (TPSA) is 65.0 Å². The molecule has 0 saturated carbocycles. The van der Waals surface area contributed by atoms with E-state index in [1.165, 1.54) is 21.3 Å². The fourth-order valence-electron chi connectivity index (χ4n) is 1.54. The molecule has 1 aromatic rings. The van der Waals surface area contributed by atoms with Crippen LogP contribution in [0.25, 0.3) is 0 Å². The van der Waals surface area contributed by atoms with Crippen molar-refractivity contribution in [3.8, 4) is 5.75 Å². The highest BCUT2D eigenvalue weighted by Gasteiger charge is 2.30. The number of aliphatic hydroxyl groups is 1. The maximum absolute atomic E-state index is 11.4. The fraction of sp³-hybridized carbons (Fsp3) is 0.417. The Labute approximate surface area is 99.9 Å². The molecule has 0 aromatic heterocycles. The van der Waals surface area contributed by atoms with Gasteiger partial charge in [0.05, 0.1) is 14.2 Å². The van der Waals surface area contributed by atoms with E-state index in [-0.39, 0.29) is 0 Å². The number of benzene rings is 1. The fourth-order valence-corrected chi connectivity index (χ4v) is 1.54. The van der Waals surface area contributed by atoms with Gasteiger partial charge >= 0.3 is 5.97 Å². The van der Waals surface area contributed by atoms with Crippen molar-refractivity contribution in [3.05, 3.63) is 29.8 Å². The van der Waals surface area contributed by atoms with Crippen molar-refractivity contribution < 1.29 is 24.1 Å². The first-order chi connectivity index (χ1) is 8.15. The molecule has 0 spiro atoms. The Hall–Kier alpha value is -1.59. The lowest BCUT2D eigenvalue weighted by molar-refractivity contribution is -0.159. The van der Waals surface area contributed by atoms with Gasteiger partial charge in [-0.25, -0.2) is 4.79 Å². The van der Waals surface area contributed by atoms with E-state index in [0.29, 0.717) is 11.3 Å². The Balaban J connectivity index is 3.01. The second kappa shape index (κ2) is 6.22. The lowest BCUT2D eigenvalue weighted by Crippen LogP contribution is -2.31. The first-order valence-corrected chi connectivity index (χ1v) is 5.07. The van der Waals surface area contributed by atoms with Crippen molar-refractivity contribution in [2.75, 3.05) is 21.3 Å². The number of methoxy groups -OCH3 is 3. The molecule has 1 rings (SSSR count). The van der Waals surface area contributed by atoms with E-state index in [2.05, 4.69) is 4.74 Å². The summed E-state index contributed by atoms with van der Waals surface area (Å²) in [5, 5.41) is 10.1. The molecule has 5 heteroatoms. The summed E-state index contributed by atoms with van der Waals surface area (Å²) in [7, 11) is 4.06. The third kappa shape index (κ3) is 2.95. The van der Waals surface area contributed by atoms with Gasteiger partial charge in [-0.1, -0.05) is 18.2 Å². The first kappa shape index (κ1) is 13.5. The monoisotopic (exact) mass is 240 g/mol. The smallest absolute Gasteiger partial charge is 0.338 e. The van der Waals surface area contributed by atoms with Crippen LogP contribution in [0.2, 0.25) is 0 Å². The number of hydrogen-bond donors (Lipinski definition) is 1. The molecule has 0 heterocycles. The predicted octanol–water partition coefficient (Wildman–Crippen LogP) is 0.917. The molecule has 1 aromatic carbocycles. The Bertz CT molecular complexity index is 377. The van der Waals surface area contributed by atoms with Crippen LogP contribution in [-0.2, 0) is 14.3 Å². The second-order valence-electron chi connectivity index (χ2n) is 3.37. The van der Waals surface area contributed by atoms with Crippen LogP contribution in [0.3, 0.4) is 0 Å². The standard InChI is InChI=1S/C12H16O5/c1-15-9-7-5-4-6-8(9)10(13)11(16-2)12(14)17-3/h4-7,10-11,13H,1-3H3/t10-,11+/m1/s1. The van der Waals surface area contributed by atoms with Crippen LogP contribution < -0.4 is 4.74 Å². The van der Waals surface area contributed by atoms with Gasteiger partial charge in [-0.2, -0.15) is 0 Å². The van der Waals surface area contributed by atoms with E-state index in [1.54, 1.807) is 24.3 Å². The summed E-state index contributed by atoms with van der Waals surface area (Å²) in [4.78, 5) is 11.4. The van der Waals surface area contributed by atoms with E-state index in [4.69, 9.17) is 9.47 Å². The van der Waals surface area contributed by atoms with Crippen LogP contribution in [-0.4, -0.2) is 38.5 Å². The van der Waals surface area contributed by atoms with Crippen LogP contribution in [0.1, 0.15) is 11.7 Å². The van der Waals surface area contributed by atoms with Crippen LogP contribution >= 0.6 is 0 Å². The summed E-state index contributed by atoms with van der Waals surface area (Å²) in [5.74, 6) is -0.142. The zero-order valence-electron chi connectivity index (χ0n) is 10.0. The number of carbonyl (C=O) groups excluding carboxylic acids is 1. The van der Waals surface area contributed by atoms with Gasteiger partial charge in [0.2, 0.25) is 0 Å². The Morgan fingerprint density at radius 2 is 1.88 bits per heavy atom. The Morgan fingerprint density at radius 1 is 1.24 bits per heavy atom. The minimum Gasteiger partial charge on any atom is -0.496 e. The zero-order valence-corrected chi connectivity index (χ0v) is 10.0. The highest BCUT2D eigenvalue weighted by atomic mass is 16.6. The molecule has 0 aliphatic rings. The number of rotatable bonds is 5. The molecule has 0 aliphatic heterocycles. The van der Waals surface area contributed by atoms with E-state index in [9.17, 15) is 9.90 Å². The molecule has 0 aliphatic carbocycles. The summed E-state index contributed by atoms with van der Waals surface area (Å²) in [5.41, 5.74) is 0.479. The average molecular weight is 240 g/mol. The highest BCUT2D eigenvalue weighted by molar-refractivity contribution is 5.75. The summed E-state index contributed by atoms with van der Waals surface area (Å²) in [6.45, 7) is 0. The summed E-state index contributed by atoms with van der Waals surface area (Å²) >= 11 is 0. The number of para-hydroxylation sites is 1. The summed E-state index contributed by atoms with van der Waals surface area (Å²) < 4.78 is 14.6. The van der Waals surface area contributed by atoms with Gasteiger partial charge in [-0.3, -0.25) is 0 Å². The Kier molecular flexibility index (Phi) is 4.93. The van der Waals surface area contributed by atoms with E-state index < -0.39 is 18.2 Å². The lowest BCUT2D eigenvalue weighted by Gasteiger charge is -2.21. The van der Waals surface area contributed by atoms with Crippen LogP contribution in [0.15, 0.2) is 24.3 Å². The highest BCUT2D eigenvalue weighted by Crippen LogP contribution is 2.28. The maximum atomic E-state index is 11.4. The largest absolute Gasteiger partial charge is 0.496 e. The van der Waals surface area contributed by atoms with Gasteiger partial charge in [0.1, 0.15) is 11.9 Å². The normalized spacial score (nSPS) is 13.9. The van der Waals surface area contributed by atoms with Crippen LogP contribution in [0, 0.1) is 0 Å². The first-order valence-electron chi connectivity index (χ1n) is 5.07. The van der Waals surface area contributed by atoms with Crippen molar-refractivity contribution in [2.45, 2.75) is 12.2 Å². The van der Waals surface area contributed by atoms with Gasteiger partial charge in [0, 0.05) is 12.7 Å². The van der Waals surface area contributed by atoms with Gasteiger partial charge in [-0.15, -0.1) is 0 Å². The molecule has 94 valence electrons. The quantitative estimate of drug-likeness (QED) is 0.775. The van der Waals surface area contributed by atoms with E-state index in [0.717, 1.165) is 0 Å². The molecule has 0 saturated heterocycles. The summed E-state index contributed by atoms with van der Waals surface area (Å²) in [6, 6.07) is 6.88. The third-order valence-electron chi connectivity index (χ3n) is 2.43. The number of esters is 1. The second-order valence-corrected chi connectivity index (χ2v) is 3.37. The average Bonchev–Trinajstić information content (AvgIpc) is 2.38. The molecule has 0 bridgehead atoms. The lowest BCUT2D eigenvalue weighted by atomic mass is 10.0. The van der Waals surface area contributed by atoms with Crippen molar-refractivity contribution in [1.82, 2.24) is 0 Å². The van der Waals surface area contributed by atoms with E-state index in [1.807, 2.05) is 0 Å². The molecule has 17 heavy (non-hydrogen) atoms. The molecule has 0 radical (unpaired) electrons. The minimum absolute atomic E-state index is 0.479. The van der Waals surface area contributed by atoms with Gasteiger partial charge in [0.15, 0.2) is 6.10 Å². The molecule has 0 fully saturated rings. The Morgan fingerprint density at radius 3 is 2.41 bits per heavy atom. The van der Waals surface area contributed by atoms with Crippen LogP contribution in [0.4, 0.5) is 0 Å². The molecule has 0 amide bonds.